The lowest BCUT2D eigenvalue weighted by Gasteiger charge is -2.32. The van der Waals surface area contributed by atoms with Crippen LogP contribution in [-0.2, 0) is 11.2 Å². The Bertz CT molecular complexity index is 606. The minimum Gasteiger partial charge on any atom is -0.355 e. The highest BCUT2D eigenvalue weighted by Crippen LogP contribution is 2.23. The van der Waals surface area contributed by atoms with Crippen LogP contribution in [0.15, 0.2) is 5.38 Å². The van der Waals surface area contributed by atoms with Gasteiger partial charge in [-0.2, -0.15) is 0 Å². The van der Waals surface area contributed by atoms with Crippen LogP contribution in [0.25, 0.3) is 0 Å². The van der Waals surface area contributed by atoms with Crippen LogP contribution in [0, 0.1) is 5.92 Å². The van der Waals surface area contributed by atoms with E-state index in [9.17, 15) is 9.59 Å². The van der Waals surface area contributed by atoms with Gasteiger partial charge in [0.2, 0.25) is 5.91 Å². The van der Waals surface area contributed by atoms with Gasteiger partial charge in [-0.1, -0.05) is 19.3 Å². The second-order valence-corrected chi connectivity index (χ2v) is 8.21. The van der Waals surface area contributed by atoms with Gasteiger partial charge in [0.05, 0.1) is 12.1 Å². The number of thiazole rings is 1. The first-order chi connectivity index (χ1) is 12.6. The van der Waals surface area contributed by atoms with Gasteiger partial charge >= 0.3 is 6.03 Å². The summed E-state index contributed by atoms with van der Waals surface area (Å²) < 4.78 is 0. The van der Waals surface area contributed by atoms with Crippen LogP contribution in [-0.4, -0.2) is 66.5 Å². The van der Waals surface area contributed by atoms with E-state index < -0.39 is 0 Å². The molecule has 2 N–H and O–H groups in total. The lowest BCUT2D eigenvalue weighted by molar-refractivity contribution is -0.120. The zero-order valence-electron chi connectivity index (χ0n) is 15.5. The van der Waals surface area contributed by atoms with Crippen molar-refractivity contribution >= 4 is 28.4 Å². The predicted molar refractivity (Wildman–Crippen MR) is 103 cm³/mol. The molecule has 1 saturated carbocycles. The van der Waals surface area contributed by atoms with Crippen molar-refractivity contribution in [3.63, 3.8) is 0 Å². The first kappa shape index (κ1) is 19.1. The maximum Gasteiger partial charge on any atom is 0.323 e. The van der Waals surface area contributed by atoms with E-state index in [1.54, 1.807) is 4.90 Å². The molecule has 2 heterocycles. The quantitative estimate of drug-likeness (QED) is 0.822. The van der Waals surface area contributed by atoms with Crippen molar-refractivity contribution in [2.24, 2.45) is 5.92 Å². The molecular formula is C18H29N5O2S. The summed E-state index contributed by atoms with van der Waals surface area (Å²) in [7, 11) is 2.06. The molecule has 1 aliphatic carbocycles. The molecule has 0 spiro atoms. The zero-order valence-corrected chi connectivity index (χ0v) is 16.3. The number of carbonyl (C=O) groups is 2. The topological polar surface area (TPSA) is 77.6 Å². The van der Waals surface area contributed by atoms with Crippen LogP contribution in [0.3, 0.4) is 0 Å². The highest BCUT2D eigenvalue weighted by molar-refractivity contribution is 7.13. The van der Waals surface area contributed by atoms with E-state index >= 15 is 0 Å². The van der Waals surface area contributed by atoms with Gasteiger partial charge in [-0.25, -0.2) is 9.78 Å². The number of hydrogen-bond acceptors (Lipinski definition) is 5. The van der Waals surface area contributed by atoms with Crippen molar-refractivity contribution in [3.8, 4) is 0 Å². The number of urea groups is 1. The predicted octanol–water partition coefficient (Wildman–Crippen LogP) is 2.16. The number of aromatic nitrogens is 1. The van der Waals surface area contributed by atoms with Crippen molar-refractivity contribution < 1.29 is 9.59 Å². The number of amides is 3. The Morgan fingerprint density at radius 2 is 1.92 bits per heavy atom. The fraction of sp³-hybridized carbons (Fsp3) is 0.722. The van der Waals surface area contributed by atoms with Crippen molar-refractivity contribution in [1.29, 1.82) is 0 Å². The smallest absolute Gasteiger partial charge is 0.323 e. The summed E-state index contributed by atoms with van der Waals surface area (Å²) in [5, 5.41) is 8.29. The fourth-order valence-corrected chi connectivity index (χ4v) is 4.20. The van der Waals surface area contributed by atoms with E-state index in [2.05, 4.69) is 27.6 Å². The molecule has 1 aromatic rings. The van der Waals surface area contributed by atoms with Crippen LogP contribution >= 0.6 is 11.3 Å². The number of likely N-dealkylation sites (N-methyl/N-ethyl adjacent to an activating group) is 1. The Labute approximate surface area is 159 Å². The number of rotatable bonds is 5. The largest absolute Gasteiger partial charge is 0.355 e. The first-order valence-corrected chi connectivity index (χ1v) is 10.4. The van der Waals surface area contributed by atoms with Crippen molar-refractivity contribution in [2.45, 2.75) is 38.5 Å². The van der Waals surface area contributed by atoms with E-state index in [0.29, 0.717) is 16.7 Å². The summed E-state index contributed by atoms with van der Waals surface area (Å²) in [5.41, 5.74) is 0.713. The van der Waals surface area contributed by atoms with E-state index in [1.807, 2.05) is 5.38 Å². The Balaban J connectivity index is 1.40. The number of carbonyl (C=O) groups excluding carboxylic acids is 2. The van der Waals surface area contributed by atoms with E-state index in [0.717, 1.165) is 32.7 Å². The van der Waals surface area contributed by atoms with E-state index in [1.165, 1.54) is 43.4 Å². The molecule has 144 valence electrons. The maximum absolute atomic E-state index is 12.3. The molecule has 0 bridgehead atoms. The molecule has 0 radical (unpaired) electrons. The molecule has 2 fully saturated rings. The lowest BCUT2D eigenvalue weighted by atomic mass is 9.89. The molecule has 26 heavy (non-hydrogen) atoms. The summed E-state index contributed by atoms with van der Waals surface area (Å²) >= 11 is 1.37. The van der Waals surface area contributed by atoms with Gasteiger partial charge in [-0.05, 0) is 25.8 Å². The first-order valence-electron chi connectivity index (χ1n) is 9.56. The Kier molecular flexibility index (Phi) is 6.85. The van der Waals surface area contributed by atoms with Gasteiger partial charge in [-0.3, -0.25) is 10.1 Å². The molecule has 0 unspecified atom stereocenters. The van der Waals surface area contributed by atoms with E-state index in [4.69, 9.17) is 0 Å². The molecule has 1 saturated heterocycles. The third-order valence-corrected chi connectivity index (χ3v) is 6.02. The Hall–Kier alpha value is -1.67. The van der Waals surface area contributed by atoms with Gasteiger partial charge in [-0.15, -0.1) is 11.3 Å². The van der Waals surface area contributed by atoms with Gasteiger partial charge in [0.1, 0.15) is 0 Å². The fourth-order valence-electron chi connectivity index (χ4n) is 3.50. The summed E-state index contributed by atoms with van der Waals surface area (Å²) in [5.74, 6) is 0.638. The molecule has 3 amide bonds. The average Bonchev–Trinajstić information content (AvgIpc) is 3.08. The number of nitrogens with zero attached hydrogens (tertiary/aromatic N) is 3. The minimum absolute atomic E-state index is 0.0119. The summed E-state index contributed by atoms with van der Waals surface area (Å²) in [6, 6.07) is -0.110. The van der Waals surface area contributed by atoms with Gasteiger partial charge in [0.25, 0.3) is 0 Å². The SMILES string of the molecule is CN1CCN(C(=O)Nc2nc(CC(=O)NCC3CCCCC3)cs2)CC1. The molecule has 0 atom stereocenters. The summed E-state index contributed by atoms with van der Waals surface area (Å²) in [6.45, 7) is 4.00. The van der Waals surface area contributed by atoms with Crippen LogP contribution in [0.4, 0.5) is 9.93 Å². The third-order valence-electron chi connectivity index (χ3n) is 5.21. The molecule has 1 aromatic heterocycles. The van der Waals surface area contributed by atoms with Crippen LogP contribution in [0.5, 0.6) is 0 Å². The molecule has 7 nitrogen and oxygen atoms in total. The standard InChI is InChI=1S/C18H29N5O2S/c1-22-7-9-23(10-8-22)18(25)21-17-20-15(13-26-17)11-16(24)19-12-14-5-3-2-4-6-14/h13-14H,2-12H2,1H3,(H,19,24)(H,20,21,25). The van der Waals surface area contributed by atoms with Gasteiger partial charge in [0, 0.05) is 38.1 Å². The number of nitrogens with one attached hydrogen (secondary N) is 2. The minimum atomic E-state index is -0.110. The molecule has 1 aliphatic heterocycles. The highest BCUT2D eigenvalue weighted by Gasteiger charge is 2.20. The Morgan fingerprint density at radius 1 is 1.19 bits per heavy atom. The van der Waals surface area contributed by atoms with Crippen LogP contribution in [0.2, 0.25) is 0 Å². The molecular weight excluding hydrogens is 350 g/mol. The normalized spacial score (nSPS) is 19.3. The number of hydrogen-bond donors (Lipinski definition) is 2. The van der Waals surface area contributed by atoms with Crippen molar-refractivity contribution in [2.75, 3.05) is 45.1 Å². The Morgan fingerprint density at radius 3 is 2.65 bits per heavy atom. The van der Waals surface area contributed by atoms with Crippen LogP contribution in [0.1, 0.15) is 37.8 Å². The second-order valence-electron chi connectivity index (χ2n) is 7.35. The highest BCUT2D eigenvalue weighted by atomic mass is 32.1. The van der Waals surface area contributed by atoms with Crippen molar-refractivity contribution in [1.82, 2.24) is 20.1 Å². The molecule has 2 aliphatic rings. The van der Waals surface area contributed by atoms with E-state index in [-0.39, 0.29) is 18.4 Å². The maximum atomic E-state index is 12.3. The molecule has 3 rings (SSSR count). The number of anilines is 1. The third kappa shape index (κ3) is 5.67. The monoisotopic (exact) mass is 379 g/mol. The number of piperazine rings is 1. The van der Waals surface area contributed by atoms with Crippen molar-refractivity contribution in [3.05, 3.63) is 11.1 Å². The van der Waals surface area contributed by atoms with Gasteiger partial charge in [0.15, 0.2) is 5.13 Å². The summed E-state index contributed by atoms with van der Waals surface area (Å²) in [6.07, 6.45) is 6.60. The second kappa shape index (κ2) is 9.32. The van der Waals surface area contributed by atoms with Crippen LogP contribution < -0.4 is 10.6 Å². The van der Waals surface area contributed by atoms with Gasteiger partial charge < -0.3 is 15.1 Å². The molecule has 8 heteroatoms. The average molecular weight is 380 g/mol. The lowest BCUT2D eigenvalue weighted by Crippen LogP contribution is -2.48. The summed E-state index contributed by atoms with van der Waals surface area (Å²) in [4.78, 5) is 32.8. The molecule has 0 aromatic carbocycles. The zero-order chi connectivity index (χ0) is 18.4.